The third kappa shape index (κ3) is 3.16. The van der Waals surface area contributed by atoms with Crippen molar-refractivity contribution in [3.8, 4) is 22.4 Å². The van der Waals surface area contributed by atoms with Crippen LogP contribution >= 0.6 is 11.8 Å². The van der Waals surface area contributed by atoms with Gasteiger partial charge >= 0.3 is 0 Å². The Hall–Kier alpha value is -2.79. The lowest BCUT2D eigenvalue weighted by Crippen LogP contribution is -2.26. The average Bonchev–Trinajstić information content (AvgIpc) is 3.10. The summed E-state index contributed by atoms with van der Waals surface area (Å²) in [6.45, 7) is 0. The zero-order valence-electron chi connectivity index (χ0n) is 15.8. The second-order valence-corrected chi connectivity index (χ2v) is 8.03. The first-order chi connectivity index (χ1) is 13.8. The highest BCUT2D eigenvalue weighted by atomic mass is 32.2. The second kappa shape index (κ2) is 7.32. The first-order valence-corrected chi connectivity index (χ1v) is 10.9. The lowest BCUT2D eigenvalue weighted by Gasteiger charge is -2.27. The lowest BCUT2D eigenvalue weighted by atomic mass is 9.93. The Bertz CT molecular complexity index is 1100. The van der Waals surface area contributed by atoms with Crippen molar-refractivity contribution >= 4 is 28.6 Å². The molecule has 0 atom stereocenters. The average molecular weight is 387 g/mol. The number of H-pyrrole nitrogens is 1. The molecule has 0 spiro atoms. The number of thioether (sulfide) groups is 1. The summed E-state index contributed by atoms with van der Waals surface area (Å²) in [4.78, 5) is 13.0. The minimum atomic E-state index is 0.636. The van der Waals surface area contributed by atoms with Crippen LogP contribution in [-0.4, -0.2) is 27.2 Å². The molecular weight excluding hydrogens is 364 g/mol. The van der Waals surface area contributed by atoms with Gasteiger partial charge in [0.2, 0.25) is 0 Å². The third-order valence-corrected chi connectivity index (χ3v) is 6.02. The van der Waals surface area contributed by atoms with Gasteiger partial charge in [0.1, 0.15) is 10.5 Å². The number of benzene rings is 2. The van der Waals surface area contributed by atoms with Crippen molar-refractivity contribution in [1.82, 2.24) is 15.0 Å². The molecule has 5 heteroatoms. The van der Waals surface area contributed by atoms with Crippen LogP contribution in [0.5, 0.6) is 0 Å². The molecule has 140 valence electrons. The van der Waals surface area contributed by atoms with E-state index in [9.17, 15) is 0 Å². The normalized spacial score (nSPS) is 14.2. The lowest BCUT2D eigenvalue weighted by molar-refractivity contribution is 0.445. The monoisotopic (exact) mass is 386 g/mol. The zero-order valence-corrected chi connectivity index (χ0v) is 16.6. The zero-order chi connectivity index (χ0) is 18.9. The number of nitrogens with one attached hydrogen (secondary N) is 2. The summed E-state index contributed by atoms with van der Waals surface area (Å²) in [5.74, 6) is 0. The highest BCUT2D eigenvalue weighted by Gasteiger charge is 2.19. The van der Waals surface area contributed by atoms with Gasteiger partial charge in [-0.2, -0.15) is 0 Å². The molecule has 0 amide bonds. The largest absolute Gasteiger partial charge is 0.382 e. The predicted molar refractivity (Wildman–Crippen MR) is 118 cm³/mol. The molecule has 0 unspecified atom stereocenters. The third-order valence-electron chi connectivity index (χ3n) is 5.40. The van der Waals surface area contributed by atoms with Gasteiger partial charge in [0, 0.05) is 17.3 Å². The van der Waals surface area contributed by atoms with Gasteiger partial charge in [-0.05, 0) is 48.8 Å². The van der Waals surface area contributed by atoms with Crippen LogP contribution < -0.4 is 5.32 Å². The molecule has 4 nitrogen and oxygen atoms in total. The van der Waals surface area contributed by atoms with Crippen molar-refractivity contribution in [2.75, 3.05) is 11.6 Å². The van der Waals surface area contributed by atoms with Gasteiger partial charge in [-0.1, -0.05) is 42.5 Å². The summed E-state index contributed by atoms with van der Waals surface area (Å²) in [7, 11) is 0. The van der Waals surface area contributed by atoms with Crippen LogP contribution in [0.25, 0.3) is 33.5 Å². The fourth-order valence-electron chi connectivity index (χ4n) is 3.66. The molecule has 0 bridgehead atoms. The maximum absolute atomic E-state index is 4.73. The van der Waals surface area contributed by atoms with E-state index in [4.69, 9.17) is 9.97 Å². The Labute approximate surface area is 168 Å². The molecule has 2 aromatic carbocycles. The summed E-state index contributed by atoms with van der Waals surface area (Å²) in [6, 6.07) is 19.7. The second-order valence-electron chi connectivity index (χ2n) is 7.20. The molecule has 0 radical (unpaired) electrons. The first-order valence-electron chi connectivity index (χ1n) is 9.67. The van der Waals surface area contributed by atoms with Gasteiger partial charge in [0.15, 0.2) is 5.65 Å². The highest BCUT2D eigenvalue weighted by Crippen LogP contribution is 2.37. The van der Waals surface area contributed by atoms with Crippen molar-refractivity contribution < 1.29 is 0 Å². The quantitative estimate of drug-likeness (QED) is 0.414. The van der Waals surface area contributed by atoms with Gasteiger partial charge in [-0.15, -0.1) is 11.8 Å². The molecule has 1 aliphatic rings. The molecule has 2 N–H and O–H groups in total. The Morgan fingerprint density at radius 1 is 1.00 bits per heavy atom. The standard InChI is InChI=1S/C23H22N4S/c1-28-19-14-24-22-20(15-6-3-2-4-7-15)21(27-23(22)26-19)16-10-12-18(13-11-16)25-17-8-5-9-17/h2-4,6-7,10-14,17,25H,5,8-9H2,1H3,(H,26,27). The summed E-state index contributed by atoms with van der Waals surface area (Å²) >= 11 is 1.60. The molecule has 2 heterocycles. The molecule has 5 rings (SSSR count). The molecule has 4 aromatic rings. The Morgan fingerprint density at radius 2 is 1.79 bits per heavy atom. The Kier molecular flexibility index (Phi) is 4.53. The van der Waals surface area contributed by atoms with E-state index in [0.29, 0.717) is 6.04 Å². The number of nitrogens with zero attached hydrogens (tertiary/aromatic N) is 2. The molecule has 1 aliphatic carbocycles. The smallest absolute Gasteiger partial charge is 0.158 e. The Morgan fingerprint density at radius 3 is 2.46 bits per heavy atom. The van der Waals surface area contributed by atoms with E-state index in [-0.39, 0.29) is 0 Å². The predicted octanol–water partition coefficient (Wildman–Crippen LogP) is 5.98. The summed E-state index contributed by atoms with van der Waals surface area (Å²) in [6.07, 6.45) is 7.76. The van der Waals surface area contributed by atoms with E-state index in [2.05, 4.69) is 58.8 Å². The van der Waals surface area contributed by atoms with E-state index in [1.165, 1.54) is 24.9 Å². The topological polar surface area (TPSA) is 53.6 Å². The van der Waals surface area contributed by atoms with Crippen LogP contribution in [0.3, 0.4) is 0 Å². The van der Waals surface area contributed by atoms with Crippen LogP contribution in [-0.2, 0) is 0 Å². The van der Waals surface area contributed by atoms with Gasteiger partial charge in [-0.3, -0.25) is 0 Å². The van der Waals surface area contributed by atoms with Crippen LogP contribution in [0.2, 0.25) is 0 Å². The number of hydrogen-bond donors (Lipinski definition) is 2. The van der Waals surface area contributed by atoms with Crippen molar-refractivity contribution in [2.45, 2.75) is 30.3 Å². The van der Waals surface area contributed by atoms with E-state index in [1.54, 1.807) is 11.8 Å². The van der Waals surface area contributed by atoms with Crippen LogP contribution in [0.4, 0.5) is 5.69 Å². The van der Waals surface area contributed by atoms with Crippen molar-refractivity contribution in [2.24, 2.45) is 0 Å². The summed E-state index contributed by atoms with van der Waals surface area (Å²) in [5, 5.41) is 4.52. The minimum absolute atomic E-state index is 0.636. The van der Waals surface area contributed by atoms with Gasteiger partial charge < -0.3 is 10.3 Å². The first kappa shape index (κ1) is 17.3. The number of hydrogen-bond acceptors (Lipinski definition) is 4. The van der Waals surface area contributed by atoms with E-state index >= 15 is 0 Å². The van der Waals surface area contributed by atoms with Gasteiger partial charge in [0.25, 0.3) is 0 Å². The molecule has 1 saturated carbocycles. The summed E-state index contributed by atoms with van der Waals surface area (Å²) < 4.78 is 0. The minimum Gasteiger partial charge on any atom is -0.382 e. The Balaban J connectivity index is 1.61. The summed E-state index contributed by atoms with van der Waals surface area (Å²) in [5.41, 5.74) is 7.39. The fraction of sp³-hybridized carbons (Fsp3) is 0.217. The SMILES string of the molecule is CSc1cnc2c(-c3ccccc3)c(-c3ccc(NC4CCC4)cc3)[nH]c2n1. The molecule has 1 fully saturated rings. The van der Waals surface area contributed by atoms with Crippen LogP contribution in [0, 0.1) is 0 Å². The maximum atomic E-state index is 4.73. The van der Waals surface area contributed by atoms with Gasteiger partial charge in [0.05, 0.1) is 11.9 Å². The van der Waals surface area contributed by atoms with E-state index in [1.807, 2.05) is 18.5 Å². The van der Waals surface area contributed by atoms with Crippen molar-refractivity contribution in [3.05, 3.63) is 60.8 Å². The van der Waals surface area contributed by atoms with Crippen LogP contribution in [0.15, 0.2) is 65.8 Å². The van der Waals surface area contributed by atoms with Crippen molar-refractivity contribution in [1.29, 1.82) is 0 Å². The van der Waals surface area contributed by atoms with Crippen LogP contribution in [0.1, 0.15) is 19.3 Å². The molecular formula is C23H22N4S. The molecule has 0 aliphatic heterocycles. The number of aromatic nitrogens is 3. The van der Waals surface area contributed by atoms with Gasteiger partial charge in [-0.25, -0.2) is 9.97 Å². The number of fused-ring (bicyclic) bond motifs is 1. The molecule has 0 saturated heterocycles. The molecule has 2 aromatic heterocycles. The number of rotatable bonds is 5. The van der Waals surface area contributed by atoms with E-state index < -0.39 is 0 Å². The highest BCUT2D eigenvalue weighted by molar-refractivity contribution is 7.98. The number of anilines is 1. The maximum Gasteiger partial charge on any atom is 0.158 e. The van der Waals surface area contributed by atoms with Crippen molar-refractivity contribution in [3.63, 3.8) is 0 Å². The molecule has 28 heavy (non-hydrogen) atoms. The fourth-order valence-corrected chi connectivity index (χ4v) is 4.01. The van der Waals surface area contributed by atoms with E-state index in [0.717, 1.165) is 38.6 Å². The number of aromatic amines is 1.